The fourth-order valence-electron chi connectivity index (χ4n) is 3.94. The van der Waals surface area contributed by atoms with Crippen LogP contribution < -0.4 is 20.9 Å². The quantitative estimate of drug-likeness (QED) is 0.363. The van der Waals surface area contributed by atoms with Crippen molar-refractivity contribution >= 4 is 23.4 Å². The lowest BCUT2D eigenvalue weighted by atomic mass is 9.91. The second kappa shape index (κ2) is 10.1. The van der Waals surface area contributed by atoms with Crippen molar-refractivity contribution in [3.05, 3.63) is 75.6 Å². The van der Waals surface area contributed by atoms with Crippen LogP contribution in [0.25, 0.3) is 0 Å². The van der Waals surface area contributed by atoms with Crippen LogP contribution in [0, 0.1) is 0 Å². The molecule has 8 nitrogen and oxygen atoms in total. The molecule has 1 aromatic heterocycles. The minimum absolute atomic E-state index is 0.0434. The Morgan fingerprint density at radius 2 is 2.03 bits per heavy atom. The van der Waals surface area contributed by atoms with E-state index in [2.05, 4.69) is 15.6 Å². The Kier molecular flexibility index (Phi) is 7.00. The van der Waals surface area contributed by atoms with Crippen LogP contribution in [-0.4, -0.2) is 40.0 Å². The standard InChI is InChI=1S/C24H26N4O4S/c1-3-28-23(31)20(21-18-7-5-4-6-15(18)12-13-25-21)22(30)27-24(28)33-14-19(29)26-16-8-10-17(32-2)11-9-16/h4-11,21,25,30H,3,12-14H2,1-2H3,(H,26,29)/t21-/m0/s1. The highest BCUT2D eigenvalue weighted by molar-refractivity contribution is 7.99. The van der Waals surface area contributed by atoms with E-state index in [0.29, 0.717) is 29.7 Å². The summed E-state index contributed by atoms with van der Waals surface area (Å²) in [7, 11) is 1.58. The average Bonchev–Trinajstić information content (AvgIpc) is 2.83. The van der Waals surface area contributed by atoms with E-state index in [1.54, 1.807) is 31.4 Å². The molecule has 33 heavy (non-hydrogen) atoms. The molecular formula is C24H26N4O4S. The first-order valence-electron chi connectivity index (χ1n) is 10.7. The third-order valence-electron chi connectivity index (χ3n) is 5.57. The largest absolute Gasteiger partial charge is 0.497 e. The van der Waals surface area contributed by atoms with E-state index < -0.39 is 6.04 Å². The molecule has 4 rings (SSSR count). The number of carbonyl (C=O) groups is 1. The monoisotopic (exact) mass is 466 g/mol. The highest BCUT2D eigenvalue weighted by atomic mass is 32.2. The molecule has 0 fully saturated rings. The number of thioether (sulfide) groups is 1. The predicted octanol–water partition coefficient (Wildman–Crippen LogP) is 2.94. The van der Waals surface area contributed by atoms with Gasteiger partial charge in [-0.05, 0) is 48.7 Å². The van der Waals surface area contributed by atoms with E-state index in [-0.39, 0.29) is 28.7 Å². The van der Waals surface area contributed by atoms with Gasteiger partial charge in [-0.1, -0.05) is 36.0 Å². The van der Waals surface area contributed by atoms with Gasteiger partial charge in [-0.3, -0.25) is 14.2 Å². The number of aromatic hydroxyl groups is 1. The molecule has 0 radical (unpaired) electrons. The molecule has 1 amide bonds. The molecule has 3 aromatic rings. The average molecular weight is 467 g/mol. The maximum absolute atomic E-state index is 13.3. The topological polar surface area (TPSA) is 105 Å². The minimum atomic E-state index is -0.426. The number of amides is 1. The number of fused-ring (bicyclic) bond motifs is 1. The Morgan fingerprint density at radius 1 is 1.27 bits per heavy atom. The molecular weight excluding hydrogens is 440 g/mol. The molecule has 0 spiro atoms. The summed E-state index contributed by atoms with van der Waals surface area (Å²) in [5.41, 5.74) is 2.69. The summed E-state index contributed by atoms with van der Waals surface area (Å²) in [6.45, 7) is 2.91. The summed E-state index contributed by atoms with van der Waals surface area (Å²) in [6, 6.07) is 14.5. The van der Waals surface area contributed by atoms with E-state index in [1.165, 1.54) is 4.57 Å². The Labute approximate surface area is 196 Å². The van der Waals surface area contributed by atoms with Crippen molar-refractivity contribution < 1.29 is 14.6 Å². The number of methoxy groups -OCH3 is 1. The number of benzene rings is 2. The smallest absolute Gasteiger partial charge is 0.263 e. The highest BCUT2D eigenvalue weighted by Gasteiger charge is 2.28. The molecule has 1 aliphatic rings. The number of nitrogens with one attached hydrogen (secondary N) is 2. The molecule has 172 valence electrons. The van der Waals surface area contributed by atoms with Crippen LogP contribution in [0.5, 0.6) is 11.6 Å². The van der Waals surface area contributed by atoms with Crippen molar-refractivity contribution in [3.8, 4) is 11.6 Å². The van der Waals surface area contributed by atoms with Crippen LogP contribution in [0.2, 0.25) is 0 Å². The molecule has 0 unspecified atom stereocenters. The van der Waals surface area contributed by atoms with E-state index in [0.717, 1.165) is 29.3 Å². The second-order valence-corrected chi connectivity index (χ2v) is 8.52. The molecule has 0 saturated heterocycles. The lowest BCUT2D eigenvalue weighted by Crippen LogP contribution is -2.37. The van der Waals surface area contributed by atoms with Gasteiger partial charge in [-0.25, -0.2) is 0 Å². The van der Waals surface area contributed by atoms with E-state index in [4.69, 9.17) is 4.74 Å². The van der Waals surface area contributed by atoms with Gasteiger partial charge in [0.1, 0.15) is 11.3 Å². The zero-order valence-electron chi connectivity index (χ0n) is 18.5. The molecule has 1 atom stereocenters. The number of rotatable bonds is 7. The first-order chi connectivity index (χ1) is 16.0. The predicted molar refractivity (Wildman–Crippen MR) is 128 cm³/mol. The maximum Gasteiger partial charge on any atom is 0.263 e. The Hall–Kier alpha value is -3.30. The van der Waals surface area contributed by atoms with Gasteiger partial charge < -0.3 is 20.5 Å². The van der Waals surface area contributed by atoms with Crippen molar-refractivity contribution in [2.24, 2.45) is 0 Å². The number of ether oxygens (including phenoxy) is 1. The van der Waals surface area contributed by atoms with Crippen molar-refractivity contribution in [2.75, 3.05) is 24.7 Å². The lowest BCUT2D eigenvalue weighted by molar-refractivity contribution is -0.113. The van der Waals surface area contributed by atoms with Crippen molar-refractivity contribution in [1.82, 2.24) is 14.9 Å². The van der Waals surface area contributed by atoms with E-state index in [1.807, 2.05) is 31.2 Å². The molecule has 2 heterocycles. The third-order valence-corrected chi connectivity index (χ3v) is 6.55. The summed E-state index contributed by atoms with van der Waals surface area (Å²) in [6.07, 6.45) is 0.861. The van der Waals surface area contributed by atoms with E-state index in [9.17, 15) is 14.7 Å². The second-order valence-electron chi connectivity index (χ2n) is 7.58. The molecule has 2 aromatic carbocycles. The van der Waals surface area contributed by atoms with Gasteiger partial charge >= 0.3 is 0 Å². The number of anilines is 1. The van der Waals surface area contributed by atoms with Gasteiger partial charge in [-0.15, -0.1) is 0 Å². The molecule has 9 heteroatoms. The SMILES string of the molecule is CCn1c(SCC(=O)Nc2ccc(OC)cc2)nc(O)c([C@H]2NCCc3ccccc32)c1=O. The van der Waals surface area contributed by atoms with Gasteiger partial charge in [0.25, 0.3) is 5.56 Å². The van der Waals surface area contributed by atoms with Crippen molar-refractivity contribution in [3.63, 3.8) is 0 Å². The molecule has 3 N–H and O–H groups in total. The fourth-order valence-corrected chi connectivity index (χ4v) is 4.80. The van der Waals surface area contributed by atoms with Crippen LogP contribution in [0.4, 0.5) is 5.69 Å². The Bertz CT molecular complexity index is 1210. The van der Waals surface area contributed by atoms with Crippen molar-refractivity contribution in [1.29, 1.82) is 0 Å². The van der Waals surface area contributed by atoms with Crippen molar-refractivity contribution in [2.45, 2.75) is 31.1 Å². The normalized spacial score (nSPS) is 15.0. The number of hydrogen-bond acceptors (Lipinski definition) is 7. The Balaban J connectivity index is 1.54. The number of hydrogen-bond donors (Lipinski definition) is 3. The van der Waals surface area contributed by atoms with Gasteiger partial charge in [0, 0.05) is 18.8 Å². The fraction of sp³-hybridized carbons (Fsp3) is 0.292. The summed E-state index contributed by atoms with van der Waals surface area (Å²) in [5.74, 6) is 0.191. The van der Waals surface area contributed by atoms with Gasteiger partial charge in [0.2, 0.25) is 11.8 Å². The van der Waals surface area contributed by atoms with Crippen LogP contribution in [0.1, 0.15) is 29.7 Å². The number of aromatic nitrogens is 2. The van der Waals surface area contributed by atoms with Crippen LogP contribution in [0.3, 0.4) is 0 Å². The van der Waals surface area contributed by atoms with E-state index >= 15 is 0 Å². The molecule has 0 saturated carbocycles. The highest BCUT2D eigenvalue weighted by Crippen LogP contribution is 2.31. The number of carbonyl (C=O) groups excluding carboxylic acids is 1. The zero-order chi connectivity index (χ0) is 23.4. The molecule has 0 bridgehead atoms. The third kappa shape index (κ3) is 4.89. The minimum Gasteiger partial charge on any atom is -0.497 e. The van der Waals surface area contributed by atoms with Crippen LogP contribution in [0.15, 0.2) is 58.5 Å². The van der Waals surface area contributed by atoms with Gasteiger partial charge in [0.15, 0.2) is 5.16 Å². The summed E-state index contributed by atoms with van der Waals surface area (Å²) >= 11 is 1.11. The van der Waals surface area contributed by atoms with Crippen LogP contribution >= 0.6 is 11.8 Å². The molecule has 1 aliphatic heterocycles. The zero-order valence-corrected chi connectivity index (χ0v) is 19.3. The number of nitrogens with zero attached hydrogens (tertiary/aromatic N) is 2. The van der Waals surface area contributed by atoms with Gasteiger partial charge in [-0.2, -0.15) is 4.98 Å². The Morgan fingerprint density at radius 3 is 2.76 bits per heavy atom. The van der Waals surface area contributed by atoms with Gasteiger partial charge in [0.05, 0.1) is 18.9 Å². The first kappa shape index (κ1) is 22.9. The summed E-state index contributed by atoms with van der Waals surface area (Å²) in [5, 5.41) is 17.2. The summed E-state index contributed by atoms with van der Waals surface area (Å²) in [4.78, 5) is 30.1. The maximum atomic E-state index is 13.3. The lowest BCUT2D eigenvalue weighted by Gasteiger charge is -2.27. The summed E-state index contributed by atoms with van der Waals surface area (Å²) < 4.78 is 6.61. The van der Waals surface area contributed by atoms with Crippen LogP contribution in [-0.2, 0) is 17.8 Å². The first-order valence-corrected chi connectivity index (χ1v) is 11.7. The molecule has 0 aliphatic carbocycles.